The fourth-order valence-electron chi connectivity index (χ4n) is 14.4. The van der Waals surface area contributed by atoms with E-state index in [0.717, 1.165) is 45.6 Å². The van der Waals surface area contributed by atoms with Crippen molar-refractivity contribution in [2.45, 2.75) is 100 Å². The van der Waals surface area contributed by atoms with Crippen LogP contribution in [0.1, 0.15) is 74.4 Å². The van der Waals surface area contributed by atoms with E-state index in [1.54, 1.807) is 7.11 Å². The molecule has 10 atom stereocenters. The summed E-state index contributed by atoms with van der Waals surface area (Å²) in [5, 5.41) is 14.4. The highest BCUT2D eigenvalue weighted by Crippen LogP contribution is 2.68. The van der Waals surface area contributed by atoms with E-state index < -0.39 is 63.7 Å². The van der Waals surface area contributed by atoms with E-state index in [9.17, 15) is 14.7 Å². The number of nitrogens with one attached hydrogen (secondary N) is 1. The maximum Gasteiger partial charge on any atom is 0.344 e. The molecule has 3 fully saturated rings. The van der Waals surface area contributed by atoms with Gasteiger partial charge >= 0.3 is 17.9 Å². The number of aromatic amines is 1. The van der Waals surface area contributed by atoms with Crippen molar-refractivity contribution in [3.8, 4) is 16.9 Å². The van der Waals surface area contributed by atoms with Gasteiger partial charge in [0.25, 0.3) is 0 Å². The highest BCUT2D eigenvalue weighted by molar-refractivity contribution is 5.96. The van der Waals surface area contributed by atoms with Crippen LogP contribution in [0, 0.1) is 24.2 Å². The highest BCUT2D eigenvalue weighted by atomic mass is 19.3. The summed E-state index contributed by atoms with van der Waals surface area (Å²) in [6, 6.07) is 17.2. The molecule has 10 rings (SSSR count). The molecule has 3 aromatic carbocycles. The number of H-pyrrole nitrogens is 1. The molecule has 2 saturated heterocycles. The number of alkyl halides is 2. The number of nitrogens with zero attached hydrogens (tertiary/aromatic N) is 3. The van der Waals surface area contributed by atoms with Crippen LogP contribution < -0.4 is 9.64 Å². The van der Waals surface area contributed by atoms with Crippen LogP contribution in [0.2, 0.25) is 0 Å². The third-order valence-corrected chi connectivity index (χ3v) is 17.0. The van der Waals surface area contributed by atoms with Gasteiger partial charge in [-0.25, -0.2) is 13.6 Å². The molecule has 12 nitrogen and oxygen atoms in total. The Hall–Kier alpha value is -5.31. The Bertz CT molecular complexity index is 2700. The number of esters is 3. The first-order valence-electron chi connectivity index (χ1n) is 23.7. The average molecular weight is 921 g/mol. The van der Waals surface area contributed by atoms with Gasteiger partial charge in [-0.2, -0.15) is 0 Å². The summed E-state index contributed by atoms with van der Waals surface area (Å²) in [5.74, 6) is -6.01. The molecule has 1 aromatic heterocycles. The number of rotatable bonds is 8. The van der Waals surface area contributed by atoms with Gasteiger partial charge in [-0.15, -0.1) is 0 Å². The lowest BCUT2D eigenvalue weighted by Crippen LogP contribution is -2.81. The van der Waals surface area contributed by atoms with Crippen LogP contribution in [0.15, 0.2) is 66.7 Å². The van der Waals surface area contributed by atoms with Crippen LogP contribution in [0.25, 0.3) is 22.0 Å². The van der Waals surface area contributed by atoms with E-state index in [-0.39, 0.29) is 31.3 Å². The van der Waals surface area contributed by atoms with E-state index in [2.05, 4.69) is 58.1 Å². The summed E-state index contributed by atoms with van der Waals surface area (Å²) in [6.07, 6.45) is 4.44. The van der Waals surface area contributed by atoms with E-state index in [0.29, 0.717) is 68.1 Å². The number of methoxy groups -OCH3 is 3. The van der Waals surface area contributed by atoms with Gasteiger partial charge in [-0.3, -0.25) is 14.5 Å². The average Bonchev–Trinajstić information content (AvgIpc) is 3.97. The standard InChI is InChI=1S/C53H62F2N4O8/c1-9-50-18-10-20-59-22-19-51(44(50)59)38-25-39(42(64-6)26-41(38)57(5)45(51)53(63,48(62)66-8)46(50)67-31(3)60)52(47(61)65-7)27-32-23-35(49(4,54)55)29-58(28-32)21-17-36-37-24-34(15-16-40(37)56-43(36)52)33-13-11-30(2)12-14-33/h10-16,18,24-26,32,35,44-46,56,63H,9,17,19-23,27-29H2,1-8H3/t32?,35?,44?,45?,46-,50-,51?,52-,53+/m0/s1. The minimum Gasteiger partial charge on any atom is -0.496 e. The predicted molar refractivity (Wildman–Crippen MR) is 249 cm³/mol. The van der Waals surface area contributed by atoms with Crippen molar-refractivity contribution in [2.75, 3.05) is 66.0 Å². The number of ether oxygens (including phenoxy) is 4. The van der Waals surface area contributed by atoms with Gasteiger partial charge in [-0.05, 0) is 98.9 Å². The van der Waals surface area contributed by atoms with E-state index in [4.69, 9.17) is 18.9 Å². The molecular weight excluding hydrogens is 859 g/mol. The largest absolute Gasteiger partial charge is 0.496 e. The molecule has 6 aliphatic rings. The van der Waals surface area contributed by atoms with Crippen LogP contribution >= 0.6 is 0 Å². The van der Waals surface area contributed by atoms with E-state index in [1.165, 1.54) is 21.1 Å². The fourth-order valence-corrected chi connectivity index (χ4v) is 14.4. The maximum absolute atomic E-state index is 15.6. The number of carbonyl (C=O) groups is 3. The first kappa shape index (κ1) is 45.5. The number of fused-ring (bicyclic) bond motifs is 6. The van der Waals surface area contributed by atoms with Gasteiger partial charge in [0.05, 0.1) is 27.4 Å². The lowest BCUT2D eigenvalue weighted by atomic mass is 9.47. The summed E-state index contributed by atoms with van der Waals surface area (Å²) in [4.78, 5) is 53.4. The lowest BCUT2D eigenvalue weighted by molar-refractivity contribution is -0.228. The molecule has 1 aliphatic carbocycles. The number of hydrogen-bond acceptors (Lipinski definition) is 11. The summed E-state index contributed by atoms with van der Waals surface area (Å²) in [6.45, 7) is 8.77. The number of carbonyl (C=O) groups excluding carboxylic acids is 3. The van der Waals surface area contributed by atoms with Crippen LogP contribution in [0.4, 0.5) is 14.5 Å². The number of aryl methyl sites for hydroxylation is 1. The number of halogens is 2. The van der Waals surface area contributed by atoms with Crippen molar-refractivity contribution in [1.82, 2.24) is 14.8 Å². The number of aromatic nitrogens is 1. The number of likely N-dealkylation sites (N-methyl/N-ethyl adjacent to an activating group) is 1. The molecule has 14 heteroatoms. The fraction of sp³-hybridized carbons (Fsp3) is 0.528. The molecule has 5 aliphatic heterocycles. The second-order valence-corrected chi connectivity index (χ2v) is 20.4. The van der Waals surface area contributed by atoms with Crippen molar-refractivity contribution in [3.05, 3.63) is 94.7 Å². The third kappa shape index (κ3) is 6.33. The van der Waals surface area contributed by atoms with E-state index >= 15 is 13.6 Å². The molecule has 1 saturated carbocycles. The third-order valence-electron chi connectivity index (χ3n) is 17.0. The number of hydrogen-bond donors (Lipinski definition) is 2. The van der Waals surface area contributed by atoms with Gasteiger partial charge in [0.1, 0.15) is 11.2 Å². The van der Waals surface area contributed by atoms with Crippen molar-refractivity contribution in [1.29, 1.82) is 0 Å². The Labute approximate surface area is 390 Å². The SMILES string of the molecule is CC[C@@]12C=CCN3CCC4(c5cc([C@@]6(C(=O)OC)CC7CC(C(C)(F)F)CN(CCc8c6[nH]c6ccc(-c9ccc(C)cc9)cc86)C7)c(OC)cc5N(C)C4[C@](O)(C(=O)OC)[C@H]1OC(C)=O)C32. The predicted octanol–water partition coefficient (Wildman–Crippen LogP) is 7.10. The number of aliphatic hydroxyl groups is 1. The van der Waals surface area contributed by atoms with Gasteiger partial charge < -0.3 is 38.8 Å². The molecular formula is C53H62F2N4O8. The summed E-state index contributed by atoms with van der Waals surface area (Å²) in [5.41, 5.74) is 1.48. The Kier molecular flexibility index (Phi) is 10.8. The van der Waals surface area contributed by atoms with Crippen LogP contribution in [0.3, 0.4) is 0 Å². The Balaban J connectivity index is 1.27. The molecule has 356 valence electrons. The molecule has 4 aromatic rings. The highest BCUT2D eigenvalue weighted by Gasteiger charge is 2.80. The minimum absolute atomic E-state index is 0.132. The number of anilines is 1. The molecule has 0 radical (unpaired) electrons. The lowest BCUT2D eigenvalue weighted by Gasteiger charge is -2.63. The molecule has 2 bridgehead atoms. The van der Waals surface area contributed by atoms with Crippen molar-refractivity contribution >= 4 is 34.5 Å². The maximum atomic E-state index is 15.6. The van der Waals surface area contributed by atoms with Gasteiger partial charge in [-0.1, -0.05) is 55.0 Å². The minimum atomic E-state index is -2.96. The van der Waals surface area contributed by atoms with Crippen LogP contribution in [0.5, 0.6) is 5.75 Å². The molecule has 6 heterocycles. The van der Waals surface area contributed by atoms with Gasteiger partial charge in [0, 0.05) is 96.9 Å². The number of benzene rings is 3. The zero-order chi connectivity index (χ0) is 47.6. The first-order chi connectivity index (χ1) is 31.9. The molecule has 2 N–H and O–H groups in total. The van der Waals surface area contributed by atoms with Gasteiger partial charge in [0.2, 0.25) is 11.5 Å². The Morgan fingerprint density at radius 3 is 2.34 bits per heavy atom. The molecule has 67 heavy (non-hydrogen) atoms. The Morgan fingerprint density at radius 1 is 0.940 bits per heavy atom. The normalized spacial score (nSPS) is 33.1. The van der Waals surface area contributed by atoms with Crippen molar-refractivity contribution < 1.29 is 47.2 Å². The smallest absolute Gasteiger partial charge is 0.344 e. The van der Waals surface area contributed by atoms with Crippen molar-refractivity contribution in [2.24, 2.45) is 17.3 Å². The van der Waals surface area contributed by atoms with Crippen LogP contribution in [-0.4, -0.2) is 129 Å². The molecule has 6 unspecified atom stereocenters. The van der Waals surface area contributed by atoms with Crippen LogP contribution in [-0.2, 0) is 45.8 Å². The van der Waals surface area contributed by atoms with E-state index in [1.807, 2.05) is 49.2 Å². The van der Waals surface area contributed by atoms with Gasteiger partial charge in [0.15, 0.2) is 6.10 Å². The molecule has 1 spiro atoms. The zero-order valence-corrected chi connectivity index (χ0v) is 39.7. The number of piperidine rings is 1. The topological polar surface area (TPSA) is 134 Å². The summed E-state index contributed by atoms with van der Waals surface area (Å²) < 4.78 is 55.2. The second kappa shape index (κ2) is 15.9. The first-order valence-corrected chi connectivity index (χ1v) is 23.7. The second-order valence-electron chi connectivity index (χ2n) is 20.4. The summed E-state index contributed by atoms with van der Waals surface area (Å²) >= 11 is 0. The zero-order valence-electron chi connectivity index (χ0n) is 39.7. The quantitative estimate of drug-likeness (QED) is 0.107. The molecule has 0 amide bonds. The monoisotopic (exact) mass is 920 g/mol. The summed E-state index contributed by atoms with van der Waals surface area (Å²) in [7, 11) is 5.98. The van der Waals surface area contributed by atoms with Crippen molar-refractivity contribution in [3.63, 3.8) is 0 Å². The Morgan fingerprint density at radius 2 is 1.67 bits per heavy atom.